The van der Waals surface area contributed by atoms with Crippen LogP contribution in [0.1, 0.15) is 28.8 Å². The van der Waals surface area contributed by atoms with Crippen LogP contribution in [0.5, 0.6) is 5.75 Å². The summed E-state index contributed by atoms with van der Waals surface area (Å²) in [5.74, 6) is 0.780. The molecular weight excluding hydrogens is 312 g/mol. The first kappa shape index (κ1) is 15.6. The van der Waals surface area contributed by atoms with Gasteiger partial charge in [-0.3, -0.25) is 4.79 Å². The van der Waals surface area contributed by atoms with Crippen molar-refractivity contribution in [2.75, 3.05) is 7.11 Å². The van der Waals surface area contributed by atoms with E-state index in [2.05, 4.69) is 5.32 Å². The molecule has 4 nitrogen and oxygen atoms in total. The average molecular weight is 332 g/mol. The third-order valence-corrected chi connectivity index (χ3v) is 4.51. The zero-order chi connectivity index (χ0) is 17.4. The lowest BCUT2D eigenvalue weighted by Crippen LogP contribution is -2.25. The minimum absolute atomic E-state index is 0.0183. The van der Waals surface area contributed by atoms with E-state index >= 15 is 0 Å². The fraction of sp³-hybridized carbons (Fsp3) is 0.238. The SMILES string of the molecule is COc1ccc(-c2cc(C(=O)NC3CC3)c3cc(C)ccc3n2)cc1. The molecule has 1 heterocycles. The number of nitrogens with zero attached hydrogens (tertiary/aromatic N) is 1. The molecule has 1 aromatic heterocycles. The number of hydrogen-bond acceptors (Lipinski definition) is 3. The van der Waals surface area contributed by atoms with Gasteiger partial charge in [0.15, 0.2) is 0 Å². The molecule has 25 heavy (non-hydrogen) atoms. The van der Waals surface area contributed by atoms with E-state index in [-0.39, 0.29) is 5.91 Å². The summed E-state index contributed by atoms with van der Waals surface area (Å²) in [7, 11) is 1.64. The number of aryl methyl sites for hydroxylation is 1. The van der Waals surface area contributed by atoms with Gasteiger partial charge >= 0.3 is 0 Å². The van der Waals surface area contributed by atoms with Gasteiger partial charge < -0.3 is 10.1 Å². The summed E-state index contributed by atoms with van der Waals surface area (Å²) in [6, 6.07) is 16.0. The summed E-state index contributed by atoms with van der Waals surface area (Å²) in [6.07, 6.45) is 2.14. The van der Waals surface area contributed by atoms with Crippen molar-refractivity contribution in [2.45, 2.75) is 25.8 Å². The minimum atomic E-state index is -0.0183. The minimum Gasteiger partial charge on any atom is -0.497 e. The highest BCUT2D eigenvalue weighted by Gasteiger charge is 2.25. The molecule has 1 saturated carbocycles. The van der Waals surface area contributed by atoms with E-state index in [1.165, 1.54) is 0 Å². The van der Waals surface area contributed by atoms with Gasteiger partial charge in [-0.2, -0.15) is 0 Å². The van der Waals surface area contributed by atoms with Crippen molar-refractivity contribution >= 4 is 16.8 Å². The monoisotopic (exact) mass is 332 g/mol. The quantitative estimate of drug-likeness (QED) is 0.782. The molecule has 0 bridgehead atoms. The fourth-order valence-corrected chi connectivity index (χ4v) is 2.93. The smallest absolute Gasteiger partial charge is 0.252 e. The van der Waals surface area contributed by atoms with Gasteiger partial charge in [-0.05, 0) is 62.2 Å². The van der Waals surface area contributed by atoms with E-state index in [4.69, 9.17) is 9.72 Å². The number of carbonyl (C=O) groups is 1. The number of carbonyl (C=O) groups excluding carboxylic acids is 1. The molecule has 4 heteroatoms. The first-order chi connectivity index (χ1) is 12.1. The van der Waals surface area contributed by atoms with Gasteiger partial charge in [0.25, 0.3) is 5.91 Å². The van der Waals surface area contributed by atoms with Crippen LogP contribution in [0.2, 0.25) is 0 Å². The number of methoxy groups -OCH3 is 1. The first-order valence-electron chi connectivity index (χ1n) is 8.51. The number of pyridine rings is 1. The first-order valence-corrected chi connectivity index (χ1v) is 8.51. The maximum absolute atomic E-state index is 12.7. The number of fused-ring (bicyclic) bond motifs is 1. The van der Waals surface area contributed by atoms with Crippen molar-refractivity contribution in [1.82, 2.24) is 10.3 Å². The molecule has 0 unspecified atom stereocenters. The van der Waals surface area contributed by atoms with Gasteiger partial charge in [-0.1, -0.05) is 11.6 Å². The van der Waals surface area contributed by atoms with Crippen LogP contribution in [-0.4, -0.2) is 24.0 Å². The van der Waals surface area contributed by atoms with Crippen LogP contribution in [0.3, 0.4) is 0 Å². The lowest BCUT2D eigenvalue weighted by molar-refractivity contribution is 0.0952. The molecule has 1 aliphatic rings. The van der Waals surface area contributed by atoms with Crippen molar-refractivity contribution in [2.24, 2.45) is 0 Å². The Bertz CT molecular complexity index is 944. The van der Waals surface area contributed by atoms with Crippen molar-refractivity contribution in [1.29, 1.82) is 0 Å². The Kier molecular flexibility index (Phi) is 3.88. The third-order valence-electron chi connectivity index (χ3n) is 4.51. The topological polar surface area (TPSA) is 51.2 Å². The molecule has 0 radical (unpaired) electrons. The maximum atomic E-state index is 12.7. The average Bonchev–Trinajstić information content (AvgIpc) is 3.45. The molecule has 1 amide bonds. The van der Waals surface area contributed by atoms with E-state index in [0.717, 1.165) is 46.3 Å². The zero-order valence-electron chi connectivity index (χ0n) is 14.4. The summed E-state index contributed by atoms with van der Waals surface area (Å²) in [5.41, 5.74) is 4.39. The molecule has 0 aliphatic heterocycles. The highest BCUT2D eigenvalue weighted by molar-refractivity contribution is 6.07. The molecular formula is C21H20N2O2. The van der Waals surface area contributed by atoms with E-state index in [1.807, 2.05) is 55.5 Å². The van der Waals surface area contributed by atoms with Crippen LogP contribution in [0.15, 0.2) is 48.5 Å². The summed E-state index contributed by atoms with van der Waals surface area (Å²) in [5, 5.41) is 3.99. The molecule has 1 N–H and O–H groups in total. The van der Waals surface area contributed by atoms with E-state index < -0.39 is 0 Å². The van der Waals surface area contributed by atoms with E-state index in [9.17, 15) is 4.79 Å². The molecule has 1 fully saturated rings. The van der Waals surface area contributed by atoms with Gasteiger partial charge in [-0.15, -0.1) is 0 Å². The van der Waals surface area contributed by atoms with Gasteiger partial charge in [0.2, 0.25) is 0 Å². The van der Waals surface area contributed by atoms with Crippen LogP contribution >= 0.6 is 0 Å². The summed E-state index contributed by atoms with van der Waals surface area (Å²) >= 11 is 0. The highest BCUT2D eigenvalue weighted by atomic mass is 16.5. The largest absolute Gasteiger partial charge is 0.497 e. The lowest BCUT2D eigenvalue weighted by Gasteiger charge is -2.11. The number of nitrogens with one attached hydrogen (secondary N) is 1. The number of amides is 1. The Hall–Kier alpha value is -2.88. The molecule has 1 aliphatic carbocycles. The van der Waals surface area contributed by atoms with Gasteiger partial charge in [0.1, 0.15) is 5.75 Å². The summed E-state index contributed by atoms with van der Waals surface area (Å²) in [6.45, 7) is 2.03. The normalized spacial score (nSPS) is 13.7. The highest BCUT2D eigenvalue weighted by Crippen LogP contribution is 2.28. The van der Waals surface area contributed by atoms with Crippen LogP contribution < -0.4 is 10.1 Å². The van der Waals surface area contributed by atoms with Crippen LogP contribution in [0.4, 0.5) is 0 Å². The molecule has 3 aromatic rings. The number of hydrogen-bond donors (Lipinski definition) is 1. The predicted molar refractivity (Wildman–Crippen MR) is 99.0 cm³/mol. The maximum Gasteiger partial charge on any atom is 0.252 e. The Balaban J connectivity index is 1.84. The van der Waals surface area contributed by atoms with Gasteiger partial charge in [-0.25, -0.2) is 4.98 Å². The van der Waals surface area contributed by atoms with Gasteiger partial charge in [0.05, 0.1) is 23.9 Å². The molecule has 0 saturated heterocycles. The number of aromatic nitrogens is 1. The van der Waals surface area contributed by atoms with Crippen LogP contribution in [0, 0.1) is 6.92 Å². The fourth-order valence-electron chi connectivity index (χ4n) is 2.93. The number of benzene rings is 2. The van der Waals surface area contributed by atoms with Crippen LogP contribution in [0.25, 0.3) is 22.2 Å². The second-order valence-corrected chi connectivity index (χ2v) is 6.55. The van der Waals surface area contributed by atoms with Crippen molar-refractivity contribution < 1.29 is 9.53 Å². The molecule has 126 valence electrons. The van der Waals surface area contributed by atoms with Crippen molar-refractivity contribution in [3.63, 3.8) is 0 Å². The molecule has 0 spiro atoms. The second-order valence-electron chi connectivity index (χ2n) is 6.55. The number of ether oxygens (including phenoxy) is 1. The number of rotatable bonds is 4. The Morgan fingerprint density at radius 1 is 1.12 bits per heavy atom. The third kappa shape index (κ3) is 3.20. The predicted octanol–water partition coefficient (Wildman–Crippen LogP) is 4.11. The Morgan fingerprint density at radius 2 is 1.88 bits per heavy atom. The zero-order valence-corrected chi connectivity index (χ0v) is 14.4. The molecule has 2 aromatic carbocycles. The van der Waals surface area contributed by atoms with E-state index in [1.54, 1.807) is 7.11 Å². The summed E-state index contributed by atoms with van der Waals surface area (Å²) in [4.78, 5) is 17.5. The molecule has 0 atom stereocenters. The van der Waals surface area contributed by atoms with Crippen molar-refractivity contribution in [3.05, 3.63) is 59.7 Å². The molecule has 4 rings (SSSR count). The standard InChI is InChI=1S/C21H20N2O2/c1-13-3-10-19-17(11-13)18(21(24)22-15-6-7-15)12-20(23-19)14-4-8-16(25-2)9-5-14/h3-5,8-12,15H,6-7H2,1-2H3,(H,22,24). The van der Waals surface area contributed by atoms with Crippen LogP contribution in [-0.2, 0) is 0 Å². The Labute approximate surface area is 146 Å². The van der Waals surface area contributed by atoms with E-state index in [0.29, 0.717) is 11.6 Å². The summed E-state index contributed by atoms with van der Waals surface area (Å²) < 4.78 is 5.22. The Morgan fingerprint density at radius 3 is 2.56 bits per heavy atom. The van der Waals surface area contributed by atoms with Gasteiger partial charge in [0, 0.05) is 17.0 Å². The van der Waals surface area contributed by atoms with Crippen molar-refractivity contribution in [3.8, 4) is 17.0 Å². The lowest BCUT2D eigenvalue weighted by atomic mass is 10.0. The second kappa shape index (κ2) is 6.20.